The first-order chi connectivity index (χ1) is 9.24. The molecule has 4 nitrogen and oxygen atoms in total. The van der Waals surface area contributed by atoms with Gasteiger partial charge < -0.3 is 10.2 Å². The van der Waals surface area contributed by atoms with E-state index in [1.54, 1.807) is 0 Å². The molecular weight excluding hydrogens is 260 g/mol. The van der Waals surface area contributed by atoms with Gasteiger partial charge in [-0.15, -0.1) is 10.2 Å². The summed E-state index contributed by atoms with van der Waals surface area (Å²) in [7, 11) is 0. The number of hydrogen-bond acceptors (Lipinski definition) is 4. The Hall–Kier alpha value is -1.81. The fourth-order valence-corrected chi connectivity index (χ4v) is 3.15. The van der Waals surface area contributed by atoms with Crippen LogP contribution >= 0.6 is 11.6 Å². The highest BCUT2D eigenvalue weighted by atomic mass is 35.5. The standard InChI is InChI=1S/C14H13ClN4/c1-8-5-6-9-3-2-4-10-13(9)19(8)11-7-12(15)17-18-14(11)16-10/h2-4,7-8H,5-6H2,1H3,(H,16,18). The minimum atomic E-state index is 0.430. The molecule has 1 unspecified atom stereocenters. The largest absolute Gasteiger partial charge is 0.335 e. The Morgan fingerprint density at radius 1 is 1.37 bits per heavy atom. The van der Waals surface area contributed by atoms with Gasteiger partial charge in [-0.1, -0.05) is 23.7 Å². The van der Waals surface area contributed by atoms with Gasteiger partial charge in [0.25, 0.3) is 0 Å². The highest BCUT2D eigenvalue weighted by molar-refractivity contribution is 6.29. The van der Waals surface area contributed by atoms with Crippen molar-refractivity contribution in [3.05, 3.63) is 35.0 Å². The highest BCUT2D eigenvalue weighted by Gasteiger charge is 2.32. The van der Waals surface area contributed by atoms with Crippen LogP contribution in [0.1, 0.15) is 18.9 Å². The molecule has 2 aromatic rings. The lowest BCUT2D eigenvalue weighted by atomic mass is 9.93. The van der Waals surface area contributed by atoms with E-state index in [2.05, 4.69) is 45.5 Å². The van der Waals surface area contributed by atoms with E-state index in [4.69, 9.17) is 11.6 Å². The zero-order chi connectivity index (χ0) is 13.0. The van der Waals surface area contributed by atoms with Crippen molar-refractivity contribution in [1.29, 1.82) is 0 Å². The third-order valence-electron chi connectivity index (χ3n) is 3.89. The van der Waals surface area contributed by atoms with Gasteiger partial charge in [0.1, 0.15) is 0 Å². The molecule has 1 atom stereocenters. The second-order valence-corrected chi connectivity index (χ2v) is 5.48. The van der Waals surface area contributed by atoms with Crippen molar-refractivity contribution < 1.29 is 0 Å². The van der Waals surface area contributed by atoms with Crippen molar-refractivity contribution in [3.8, 4) is 0 Å². The van der Waals surface area contributed by atoms with Crippen LogP contribution in [0.3, 0.4) is 0 Å². The van der Waals surface area contributed by atoms with Gasteiger partial charge in [-0.3, -0.25) is 0 Å². The van der Waals surface area contributed by atoms with Crippen LogP contribution in [0.25, 0.3) is 0 Å². The molecule has 1 aromatic heterocycles. The van der Waals surface area contributed by atoms with Crippen molar-refractivity contribution in [2.45, 2.75) is 25.8 Å². The van der Waals surface area contributed by atoms with E-state index in [-0.39, 0.29) is 0 Å². The van der Waals surface area contributed by atoms with Crippen LogP contribution in [0, 0.1) is 0 Å². The molecule has 0 saturated carbocycles. The molecule has 5 heteroatoms. The van der Waals surface area contributed by atoms with Crippen LogP contribution in [0.4, 0.5) is 22.9 Å². The SMILES string of the molecule is CC1CCc2cccc3c2N1c1cc(Cl)nnc1N3. The molecule has 0 amide bonds. The molecule has 2 aliphatic heterocycles. The Morgan fingerprint density at radius 2 is 2.26 bits per heavy atom. The zero-order valence-electron chi connectivity index (χ0n) is 10.5. The van der Waals surface area contributed by atoms with Crippen LogP contribution in [0.2, 0.25) is 5.15 Å². The summed E-state index contributed by atoms with van der Waals surface area (Å²) in [6.07, 6.45) is 2.25. The van der Waals surface area contributed by atoms with E-state index in [1.165, 1.54) is 11.3 Å². The average molecular weight is 273 g/mol. The predicted octanol–water partition coefficient (Wildman–Crippen LogP) is 3.66. The number of aryl methyl sites for hydroxylation is 1. The molecule has 0 aliphatic carbocycles. The molecule has 4 rings (SSSR count). The van der Waals surface area contributed by atoms with Gasteiger partial charge >= 0.3 is 0 Å². The number of fused-ring (bicyclic) bond motifs is 2. The zero-order valence-corrected chi connectivity index (χ0v) is 11.3. The minimum Gasteiger partial charge on any atom is -0.335 e. The summed E-state index contributed by atoms with van der Waals surface area (Å²) in [6.45, 7) is 2.24. The van der Waals surface area contributed by atoms with Gasteiger partial charge in [-0.2, -0.15) is 0 Å². The average Bonchev–Trinajstić information content (AvgIpc) is 2.42. The first kappa shape index (κ1) is 11.1. The van der Waals surface area contributed by atoms with E-state index in [1.807, 2.05) is 6.07 Å². The summed E-state index contributed by atoms with van der Waals surface area (Å²) < 4.78 is 0. The number of anilines is 4. The Balaban J connectivity index is 2.00. The summed E-state index contributed by atoms with van der Waals surface area (Å²) in [5.41, 5.74) is 4.76. The van der Waals surface area contributed by atoms with Crippen molar-refractivity contribution in [2.24, 2.45) is 0 Å². The summed E-state index contributed by atoms with van der Waals surface area (Å²) in [5.74, 6) is 0.780. The molecule has 0 bridgehead atoms. The lowest BCUT2D eigenvalue weighted by molar-refractivity contribution is 0.616. The van der Waals surface area contributed by atoms with Crippen LogP contribution in [0.15, 0.2) is 24.3 Å². The summed E-state index contributed by atoms with van der Waals surface area (Å²) in [4.78, 5) is 2.33. The number of benzene rings is 1. The first-order valence-electron chi connectivity index (χ1n) is 6.45. The maximum Gasteiger partial charge on any atom is 0.177 e. The fraction of sp³-hybridized carbons (Fsp3) is 0.286. The maximum absolute atomic E-state index is 6.00. The first-order valence-corrected chi connectivity index (χ1v) is 6.83. The monoisotopic (exact) mass is 272 g/mol. The van der Waals surface area contributed by atoms with Crippen molar-refractivity contribution in [2.75, 3.05) is 10.2 Å². The predicted molar refractivity (Wildman–Crippen MR) is 76.7 cm³/mol. The van der Waals surface area contributed by atoms with E-state index < -0.39 is 0 Å². The Kier molecular flexibility index (Phi) is 2.23. The topological polar surface area (TPSA) is 41.1 Å². The summed E-state index contributed by atoms with van der Waals surface area (Å²) >= 11 is 6.00. The van der Waals surface area contributed by atoms with Crippen molar-refractivity contribution in [3.63, 3.8) is 0 Å². The number of nitrogens with one attached hydrogen (secondary N) is 1. The maximum atomic E-state index is 6.00. The lowest BCUT2D eigenvalue weighted by Crippen LogP contribution is -2.36. The molecule has 2 aliphatic rings. The number of aromatic nitrogens is 2. The Bertz CT molecular complexity index is 670. The van der Waals surface area contributed by atoms with Crippen LogP contribution < -0.4 is 10.2 Å². The Morgan fingerprint density at radius 3 is 3.16 bits per heavy atom. The van der Waals surface area contributed by atoms with Gasteiger partial charge in [0.05, 0.1) is 17.1 Å². The van der Waals surface area contributed by atoms with Gasteiger partial charge in [0, 0.05) is 12.1 Å². The summed E-state index contributed by atoms with van der Waals surface area (Å²) in [6, 6.07) is 8.70. The van der Waals surface area contributed by atoms with Crippen LogP contribution in [-0.4, -0.2) is 16.2 Å². The molecule has 96 valence electrons. The molecular formula is C14H13ClN4. The van der Waals surface area contributed by atoms with Gasteiger partial charge in [-0.05, 0) is 31.4 Å². The minimum absolute atomic E-state index is 0.430. The van der Waals surface area contributed by atoms with E-state index in [0.717, 1.165) is 30.0 Å². The van der Waals surface area contributed by atoms with Crippen LogP contribution in [0.5, 0.6) is 0 Å². The van der Waals surface area contributed by atoms with Gasteiger partial charge in [-0.25, -0.2) is 0 Å². The van der Waals surface area contributed by atoms with E-state index in [0.29, 0.717) is 11.2 Å². The lowest BCUT2D eigenvalue weighted by Gasteiger charge is -2.41. The molecule has 3 heterocycles. The third-order valence-corrected chi connectivity index (χ3v) is 4.07. The summed E-state index contributed by atoms with van der Waals surface area (Å²) in [5, 5.41) is 11.9. The number of nitrogens with zero attached hydrogens (tertiary/aromatic N) is 3. The third kappa shape index (κ3) is 1.53. The smallest absolute Gasteiger partial charge is 0.177 e. The second-order valence-electron chi connectivity index (χ2n) is 5.10. The number of halogens is 1. The molecule has 1 aromatic carbocycles. The van der Waals surface area contributed by atoms with Gasteiger partial charge in [0.2, 0.25) is 0 Å². The quantitative estimate of drug-likeness (QED) is 0.795. The normalized spacial score (nSPS) is 19.5. The fourth-order valence-electron chi connectivity index (χ4n) is 3.01. The van der Waals surface area contributed by atoms with Crippen LogP contribution in [-0.2, 0) is 6.42 Å². The molecule has 0 radical (unpaired) electrons. The molecule has 0 spiro atoms. The van der Waals surface area contributed by atoms with E-state index in [9.17, 15) is 0 Å². The number of para-hydroxylation sites is 1. The highest BCUT2D eigenvalue weighted by Crippen LogP contribution is 2.48. The molecule has 0 fully saturated rings. The number of hydrogen-bond donors (Lipinski definition) is 1. The van der Waals surface area contributed by atoms with E-state index >= 15 is 0 Å². The Labute approximate surface area is 116 Å². The second kappa shape index (κ2) is 3.84. The molecule has 0 saturated heterocycles. The number of rotatable bonds is 0. The molecule has 19 heavy (non-hydrogen) atoms. The van der Waals surface area contributed by atoms with Gasteiger partial charge in [0.15, 0.2) is 11.0 Å². The van der Waals surface area contributed by atoms with Crippen molar-refractivity contribution >= 4 is 34.5 Å². The molecule has 1 N–H and O–H groups in total. The van der Waals surface area contributed by atoms with Crippen molar-refractivity contribution in [1.82, 2.24) is 10.2 Å².